The Balaban J connectivity index is 1.43. The molecule has 1 aromatic heterocycles. The highest BCUT2D eigenvalue weighted by atomic mass is 32.2. The fourth-order valence-electron chi connectivity index (χ4n) is 3.51. The number of carbonyl (C=O) groups is 1. The summed E-state index contributed by atoms with van der Waals surface area (Å²) in [5, 5.41) is 12.2. The average molecular weight is 503 g/mol. The van der Waals surface area contributed by atoms with Gasteiger partial charge < -0.3 is 15.0 Å². The van der Waals surface area contributed by atoms with E-state index in [2.05, 4.69) is 14.7 Å². The molecule has 8 nitrogen and oxygen atoms in total. The van der Waals surface area contributed by atoms with E-state index in [9.17, 15) is 18.3 Å². The largest absolute Gasteiger partial charge is 0.508 e. The maximum Gasteiger partial charge on any atom is 0.285 e. The molecule has 0 bridgehead atoms. The molecule has 0 radical (unpaired) electrons. The van der Waals surface area contributed by atoms with Crippen LogP contribution in [0.15, 0.2) is 101 Å². The number of benzene rings is 3. The van der Waals surface area contributed by atoms with Gasteiger partial charge in [-0.05, 0) is 66.9 Å². The summed E-state index contributed by atoms with van der Waals surface area (Å²) in [7, 11) is -3.92. The smallest absolute Gasteiger partial charge is 0.285 e. The molecule has 0 saturated carbocycles. The highest BCUT2D eigenvalue weighted by Crippen LogP contribution is 2.13. The molecule has 0 aliphatic rings. The van der Waals surface area contributed by atoms with E-state index in [0.717, 1.165) is 16.7 Å². The Kier molecular flexibility index (Phi) is 7.60. The Morgan fingerprint density at radius 1 is 0.972 bits per heavy atom. The number of aromatic hydroxyl groups is 1. The third-order valence-corrected chi connectivity index (χ3v) is 6.80. The lowest BCUT2D eigenvalue weighted by Gasteiger charge is -2.09. The molecule has 184 valence electrons. The molecule has 0 aliphatic heterocycles. The molecule has 9 heteroatoms. The Labute approximate surface area is 209 Å². The van der Waals surface area contributed by atoms with Crippen molar-refractivity contribution in [3.63, 3.8) is 0 Å². The highest BCUT2D eigenvalue weighted by molar-refractivity contribution is 7.90. The first-order valence-electron chi connectivity index (χ1n) is 11.3. The normalized spacial score (nSPS) is 11.9. The molecule has 1 heterocycles. The van der Waals surface area contributed by atoms with Gasteiger partial charge >= 0.3 is 0 Å². The van der Waals surface area contributed by atoms with Crippen LogP contribution in [0, 0.1) is 6.92 Å². The summed E-state index contributed by atoms with van der Waals surface area (Å²) in [5.41, 5.74) is 3.42. The summed E-state index contributed by atoms with van der Waals surface area (Å²) in [6.07, 6.45) is 3.85. The number of nitrogens with zero attached hydrogens (tertiary/aromatic N) is 3. The Morgan fingerprint density at radius 3 is 2.33 bits per heavy atom. The quantitative estimate of drug-likeness (QED) is 0.384. The molecule has 4 aromatic rings. The molecule has 4 rings (SSSR count). The zero-order valence-corrected chi connectivity index (χ0v) is 20.5. The molecule has 2 N–H and O–H groups in total. The monoisotopic (exact) mass is 502 g/mol. The van der Waals surface area contributed by atoms with Crippen LogP contribution in [-0.2, 0) is 23.0 Å². The summed E-state index contributed by atoms with van der Waals surface area (Å²) < 4.78 is 31.1. The molecule has 0 saturated heterocycles. The number of phenolic OH excluding ortho intramolecular Hbond substituents is 1. The van der Waals surface area contributed by atoms with E-state index in [1.165, 1.54) is 18.3 Å². The van der Waals surface area contributed by atoms with Crippen LogP contribution >= 0.6 is 0 Å². The van der Waals surface area contributed by atoms with Crippen LogP contribution in [0.5, 0.6) is 5.75 Å². The van der Waals surface area contributed by atoms with Gasteiger partial charge in [0.1, 0.15) is 5.75 Å². The van der Waals surface area contributed by atoms with E-state index in [0.29, 0.717) is 25.1 Å². The van der Waals surface area contributed by atoms with Gasteiger partial charge in [0.05, 0.1) is 11.4 Å². The van der Waals surface area contributed by atoms with Gasteiger partial charge in [-0.25, -0.2) is 4.98 Å². The zero-order valence-electron chi connectivity index (χ0n) is 19.7. The van der Waals surface area contributed by atoms with Crippen molar-refractivity contribution in [1.29, 1.82) is 0 Å². The van der Waals surface area contributed by atoms with E-state index >= 15 is 0 Å². The van der Waals surface area contributed by atoms with Crippen molar-refractivity contribution in [3.05, 3.63) is 119 Å². The summed E-state index contributed by atoms with van der Waals surface area (Å²) >= 11 is 0. The van der Waals surface area contributed by atoms with Crippen LogP contribution in [-0.4, -0.2) is 35.5 Å². The first-order chi connectivity index (χ1) is 17.3. The molecule has 3 aromatic carbocycles. The Hall–Kier alpha value is -4.24. The van der Waals surface area contributed by atoms with Crippen molar-refractivity contribution in [2.24, 2.45) is 4.40 Å². The van der Waals surface area contributed by atoms with Crippen molar-refractivity contribution < 1.29 is 18.3 Å². The summed E-state index contributed by atoms with van der Waals surface area (Å²) in [5.74, 6) is 0.0234. The summed E-state index contributed by atoms with van der Waals surface area (Å²) in [6.45, 7) is 2.68. The van der Waals surface area contributed by atoms with Crippen LogP contribution in [0.25, 0.3) is 0 Å². The van der Waals surface area contributed by atoms with Crippen molar-refractivity contribution in [2.45, 2.75) is 24.8 Å². The van der Waals surface area contributed by atoms with E-state index < -0.39 is 10.0 Å². The second-order valence-corrected chi connectivity index (χ2v) is 9.90. The molecular weight excluding hydrogens is 476 g/mol. The average Bonchev–Trinajstić information content (AvgIpc) is 2.87. The topological polar surface area (TPSA) is 114 Å². The predicted molar refractivity (Wildman–Crippen MR) is 136 cm³/mol. The number of amides is 1. The maximum atomic E-state index is 12.8. The summed E-state index contributed by atoms with van der Waals surface area (Å²) in [4.78, 5) is 16.7. The molecular formula is C27H26N4O4S. The molecule has 0 fully saturated rings. The standard InChI is InChI=1S/C27H26N4O4S/c1-20-3-13-25(14-4-20)36(34,35)30-27-29-16-2-18-31(27)19-22-5-9-23(10-6-22)26(33)28-17-15-21-7-11-24(32)12-8-21/h2-14,16,18,32H,15,17,19H2,1H3,(H,28,33)/b30-27+. The summed E-state index contributed by atoms with van der Waals surface area (Å²) in [6, 6.07) is 22.1. The fraction of sp³-hybridized carbons (Fsp3) is 0.148. The van der Waals surface area contributed by atoms with Crippen LogP contribution in [0.1, 0.15) is 27.0 Å². The second kappa shape index (κ2) is 11.0. The zero-order chi connectivity index (χ0) is 25.5. The number of aromatic nitrogens is 2. The van der Waals surface area contributed by atoms with Gasteiger partial charge in [-0.3, -0.25) is 4.79 Å². The minimum atomic E-state index is -3.92. The molecule has 36 heavy (non-hydrogen) atoms. The molecule has 1 amide bonds. The Bertz CT molecular complexity index is 1510. The van der Waals surface area contributed by atoms with E-state index in [1.54, 1.807) is 53.2 Å². The van der Waals surface area contributed by atoms with Gasteiger partial charge in [-0.2, -0.15) is 8.42 Å². The minimum Gasteiger partial charge on any atom is -0.508 e. The number of phenols is 1. The number of sulfonamides is 1. The van der Waals surface area contributed by atoms with E-state index in [1.807, 2.05) is 31.2 Å². The molecule has 0 spiro atoms. The van der Waals surface area contributed by atoms with Crippen LogP contribution < -0.4 is 10.9 Å². The lowest BCUT2D eigenvalue weighted by molar-refractivity contribution is 0.0954. The number of aryl methyl sites for hydroxylation is 1. The van der Waals surface area contributed by atoms with Gasteiger partial charge in [-0.15, -0.1) is 4.40 Å². The van der Waals surface area contributed by atoms with Gasteiger partial charge in [0, 0.05) is 24.5 Å². The maximum absolute atomic E-state index is 12.8. The first-order valence-corrected chi connectivity index (χ1v) is 12.8. The van der Waals surface area contributed by atoms with Crippen molar-refractivity contribution in [1.82, 2.24) is 14.9 Å². The molecule has 0 atom stereocenters. The third-order valence-electron chi connectivity index (χ3n) is 5.52. The number of nitrogens with one attached hydrogen (secondary N) is 1. The number of hydrogen-bond donors (Lipinski definition) is 2. The predicted octanol–water partition coefficient (Wildman–Crippen LogP) is 3.21. The van der Waals surface area contributed by atoms with Crippen molar-refractivity contribution in [3.8, 4) is 5.75 Å². The van der Waals surface area contributed by atoms with E-state index in [-0.39, 0.29) is 22.2 Å². The third kappa shape index (κ3) is 6.45. The van der Waals surface area contributed by atoms with Gasteiger partial charge in [0.15, 0.2) is 0 Å². The first kappa shape index (κ1) is 24.9. The molecule has 0 aliphatic carbocycles. The SMILES string of the molecule is Cc1ccc(S(=O)(=O)/N=c2\ncccn2Cc2ccc(C(=O)NCCc3ccc(O)cc3)cc2)cc1. The van der Waals surface area contributed by atoms with Crippen LogP contribution in [0.3, 0.4) is 0 Å². The van der Waals surface area contributed by atoms with Crippen molar-refractivity contribution in [2.75, 3.05) is 6.54 Å². The lowest BCUT2D eigenvalue weighted by atomic mass is 10.1. The van der Waals surface area contributed by atoms with Gasteiger partial charge in [0.2, 0.25) is 5.62 Å². The van der Waals surface area contributed by atoms with Gasteiger partial charge in [0.25, 0.3) is 15.9 Å². The van der Waals surface area contributed by atoms with Crippen LogP contribution in [0.4, 0.5) is 0 Å². The number of carbonyl (C=O) groups excluding carboxylic acids is 1. The number of hydrogen-bond acceptors (Lipinski definition) is 5. The second-order valence-electron chi connectivity index (χ2n) is 8.30. The van der Waals surface area contributed by atoms with Gasteiger partial charge in [-0.1, -0.05) is 42.0 Å². The number of rotatable bonds is 8. The Morgan fingerprint density at radius 2 is 1.64 bits per heavy atom. The fourth-order valence-corrected chi connectivity index (χ4v) is 4.46. The highest BCUT2D eigenvalue weighted by Gasteiger charge is 2.13. The lowest BCUT2D eigenvalue weighted by Crippen LogP contribution is -2.26. The van der Waals surface area contributed by atoms with E-state index in [4.69, 9.17) is 0 Å². The minimum absolute atomic E-state index is 0.0640. The van der Waals surface area contributed by atoms with Crippen molar-refractivity contribution >= 4 is 15.9 Å². The van der Waals surface area contributed by atoms with Crippen LogP contribution in [0.2, 0.25) is 0 Å². The molecule has 0 unspecified atom stereocenters.